The van der Waals surface area contributed by atoms with Gasteiger partial charge >= 0.3 is 0 Å². The molecule has 0 nitrogen and oxygen atoms in total. The van der Waals surface area contributed by atoms with Crippen LogP contribution in [0.15, 0.2) is 97.1 Å². The molecule has 0 radical (unpaired) electrons. The van der Waals surface area contributed by atoms with Crippen molar-refractivity contribution in [2.24, 2.45) is 23.7 Å². The highest BCUT2D eigenvalue weighted by atomic mass is 14.3. The third-order valence-electron chi connectivity index (χ3n) is 11.2. The summed E-state index contributed by atoms with van der Waals surface area (Å²) in [5.74, 6) is 3.72. The highest BCUT2D eigenvalue weighted by Crippen LogP contribution is 2.34. The highest BCUT2D eigenvalue weighted by Gasteiger charge is 2.22. The van der Waals surface area contributed by atoms with Crippen LogP contribution in [0.4, 0.5) is 0 Å². The smallest absolute Gasteiger partial charge is 0.00258 e. The molecule has 0 unspecified atom stereocenters. The average Bonchev–Trinajstić information content (AvgIpc) is 3.09. The summed E-state index contributed by atoms with van der Waals surface area (Å²) in [5, 5.41) is 0. The Kier molecular flexibility index (Phi) is 13.2. The van der Waals surface area contributed by atoms with Crippen LogP contribution in [0.5, 0.6) is 0 Å². The van der Waals surface area contributed by atoms with Gasteiger partial charge in [-0.25, -0.2) is 0 Å². The van der Waals surface area contributed by atoms with Gasteiger partial charge in [0.15, 0.2) is 0 Å². The predicted molar refractivity (Wildman–Crippen MR) is 200 cm³/mol. The van der Waals surface area contributed by atoms with Crippen molar-refractivity contribution in [3.63, 3.8) is 0 Å². The third-order valence-corrected chi connectivity index (χ3v) is 11.2. The van der Waals surface area contributed by atoms with Crippen LogP contribution in [-0.2, 0) is 32.1 Å². The zero-order valence-corrected chi connectivity index (χ0v) is 29.4. The van der Waals surface area contributed by atoms with Gasteiger partial charge in [0.1, 0.15) is 0 Å². The van der Waals surface area contributed by atoms with Gasteiger partial charge in [0, 0.05) is 0 Å². The Morgan fingerprint density at radius 3 is 1.00 bits per heavy atom. The number of rotatable bonds is 10. The molecular weight excluding hydrogens is 553 g/mol. The van der Waals surface area contributed by atoms with Gasteiger partial charge in [0.05, 0.1) is 0 Å². The number of hydrogen-bond acceptors (Lipinski definition) is 0. The molecule has 0 spiro atoms. The van der Waals surface area contributed by atoms with Crippen LogP contribution in [0.25, 0.3) is 0 Å². The normalized spacial score (nSPS) is 21.3. The van der Waals surface area contributed by atoms with Crippen LogP contribution >= 0.6 is 0 Å². The van der Waals surface area contributed by atoms with Gasteiger partial charge in [-0.3, -0.25) is 0 Å². The minimum Gasteiger partial charge on any atom is -0.0651 e. The Labute approximate surface area is 282 Å². The molecule has 4 aromatic rings. The number of aryl methyl sites for hydroxylation is 3. The first kappa shape index (κ1) is 34.2. The summed E-state index contributed by atoms with van der Waals surface area (Å²) < 4.78 is 0. The van der Waals surface area contributed by atoms with Gasteiger partial charge in [-0.1, -0.05) is 141 Å². The summed E-state index contributed by atoms with van der Waals surface area (Å²) in [4.78, 5) is 0. The first-order valence-electron chi connectivity index (χ1n) is 18.7. The van der Waals surface area contributed by atoms with Crippen molar-refractivity contribution < 1.29 is 0 Å². The maximum absolute atomic E-state index is 2.36. The lowest BCUT2D eigenvalue weighted by atomic mass is 9.77. The predicted octanol–water partition coefficient (Wildman–Crippen LogP) is 12.5. The summed E-state index contributed by atoms with van der Waals surface area (Å²) >= 11 is 0. The van der Waals surface area contributed by atoms with Gasteiger partial charge in [0.25, 0.3) is 0 Å². The molecule has 0 bridgehead atoms. The van der Waals surface area contributed by atoms with Gasteiger partial charge in [-0.2, -0.15) is 0 Å². The summed E-state index contributed by atoms with van der Waals surface area (Å²) in [6.45, 7) is 8.89. The molecule has 0 atom stereocenters. The van der Waals surface area contributed by atoms with E-state index in [2.05, 4.69) is 125 Å². The molecule has 0 heteroatoms. The lowest BCUT2D eigenvalue weighted by Crippen LogP contribution is -2.18. The quantitative estimate of drug-likeness (QED) is 0.167. The van der Waals surface area contributed by atoms with Gasteiger partial charge < -0.3 is 0 Å². The zero-order valence-electron chi connectivity index (χ0n) is 29.4. The van der Waals surface area contributed by atoms with Crippen LogP contribution < -0.4 is 0 Å². The van der Waals surface area contributed by atoms with Crippen molar-refractivity contribution in [1.82, 2.24) is 0 Å². The van der Waals surface area contributed by atoms with E-state index in [-0.39, 0.29) is 0 Å². The molecule has 2 fully saturated rings. The minimum absolute atomic E-state index is 0.899. The lowest BCUT2D eigenvalue weighted by Gasteiger charge is -2.28. The van der Waals surface area contributed by atoms with Crippen molar-refractivity contribution in [3.8, 4) is 0 Å². The summed E-state index contributed by atoms with van der Waals surface area (Å²) in [6, 6.07) is 36.7. The fraction of sp³-hybridized carbons (Fsp3) is 0.478. The highest BCUT2D eigenvalue weighted by molar-refractivity contribution is 5.30. The maximum Gasteiger partial charge on any atom is -0.00258 e. The second-order valence-corrected chi connectivity index (χ2v) is 14.9. The largest absolute Gasteiger partial charge is 0.0651 e. The maximum atomic E-state index is 2.36. The number of benzene rings is 4. The van der Waals surface area contributed by atoms with Gasteiger partial charge in [0.2, 0.25) is 0 Å². The monoisotopic (exact) mass is 612 g/mol. The molecule has 0 saturated heterocycles. The van der Waals surface area contributed by atoms with Crippen LogP contribution in [-0.4, -0.2) is 0 Å². The Hall–Kier alpha value is -3.12. The Balaban J connectivity index is 0.000000181. The Morgan fingerprint density at radius 1 is 0.370 bits per heavy atom. The first-order valence-corrected chi connectivity index (χ1v) is 18.7. The van der Waals surface area contributed by atoms with E-state index in [1.54, 1.807) is 0 Å². The molecule has 0 aromatic heterocycles. The van der Waals surface area contributed by atoms with Crippen LogP contribution in [0.3, 0.4) is 0 Å². The van der Waals surface area contributed by atoms with E-state index in [4.69, 9.17) is 0 Å². The second-order valence-electron chi connectivity index (χ2n) is 14.9. The van der Waals surface area contributed by atoms with Crippen molar-refractivity contribution in [2.45, 2.75) is 118 Å². The molecular formula is C46H60. The van der Waals surface area contributed by atoms with Gasteiger partial charge in [-0.05, 0) is 142 Å². The molecule has 0 heterocycles. The molecule has 0 N–H and O–H groups in total. The molecule has 6 rings (SSSR count). The number of hydrogen-bond donors (Lipinski definition) is 0. The van der Waals surface area contributed by atoms with E-state index in [1.807, 2.05) is 0 Å². The van der Waals surface area contributed by atoms with Gasteiger partial charge in [-0.15, -0.1) is 0 Å². The SMILES string of the molecule is CCC1CCC(Cc2ccc(Cc3ccc(C)cc3)cc2)CC1.CCc1ccc(CC2CCC(Cc3ccc(C)cc3)CC2)cc1. The average molecular weight is 613 g/mol. The van der Waals surface area contributed by atoms with Crippen molar-refractivity contribution in [3.05, 3.63) is 142 Å². The molecule has 244 valence electrons. The van der Waals surface area contributed by atoms with Crippen LogP contribution in [0, 0.1) is 37.5 Å². The molecule has 2 aliphatic rings. The molecule has 0 amide bonds. The molecule has 0 aliphatic heterocycles. The van der Waals surface area contributed by atoms with E-state index in [0.717, 1.165) is 36.5 Å². The van der Waals surface area contributed by atoms with Crippen LogP contribution in [0.1, 0.15) is 116 Å². The summed E-state index contributed by atoms with van der Waals surface area (Å²) in [6.07, 6.45) is 18.8. The zero-order chi connectivity index (χ0) is 32.1. The van der Waals surface area contributed by atoms with Crippen molar-refractivity contribution in [2.75, 3.05) is 0 Å². The fourth-order valence-corrected chi connectivity index (χ4v) is 7.85. The summed E-state index contributed by atoms with van der Waals surface area (Å²) in [7, 11) is 0. The summed E-state index contributed by atoms with van der Waals surface area (Å²) in [5.41, 5.74) is 11.6. The van der Waals surface area contributed by atoms with E-state index in [1.165, 1.54) is 122 Å². The standard InChI is InChI=1S/2C23H30/c2*1-3-19-8-10-21(11-9-19)17-23-14-12-22(13-15-23)16-20-6-4-18(2)5-7-20/h4-7,12-15,19,21H,3,8-11,16-17H2,1-2H3;4-11,22-23H,3,12-17H2,1-2H3. The van der Waals surface area contributed by atoms with E-state index >= 15 is 0 Å². The van der Waals surface area contributed by atoms with E-state index in [0.29, 0.717) is 0 Å². The second kappa shape index (κ2) is 17.7. The van der Waals surface area contributed by atoms with Crippen molar-refractivity contribution in [1.29, 1.82) is 0 Å². The molecule has 2 saturated carbocycles. The minimum atomic E-state index is 0.899. The molecule has 46 heavy (non-hydrogen) atoms. The topological polar surface area (TPSA) is 0 Å². The van der Waals surface area contributed by atoms with E-state index < -0.39 is 0 Å². The first-order chi connectivity index (χ1) is 22.4. The lowest BCUT2D eigenvalue weighted by molar-refractivity contribution is 0.268. The third kappa shape index (κ3) is 11.0. The van der Waals surface area contributed by atoms with Crippen LogP contribution in [0.2, 0.25) is 0 Å². The Bertz CT molecular complexity index is 1390. The fourth-order valence-electron chi connectivity index (χ4n) is 7.85. The van der Waals surface area contributed by atoms with Crippen molar-refractivity contribution >= 4 is 0 Å². The molecule has 4 aromatic carbocycles. The Morgan fingerprint density at radius 2 is 0.652 bits per heavy atom. The molecule has 2 aliphatic carbocycles. The van der Waals surface area contributed by atoms with E-state index in [9.17, 15) is 0 Å².